The molecule has 0 aliphatic rings. The van der Waals surface area contributed by atoms with Crippen LogP contribution in [0.3, 0.4) is 0 Å². The van der Waals surface area contributed by atoms with Gasteiger partial charge >= 0.3 is 0 Å². The molecule has 0 aromatic heterocycles. The molecule has 2 nitrogen and oxygen atoms in total. The molecule has 0 bridgehead atoms. The normalized spacial score (nSPS) is 9.35. The Bertz CT molecular complexity index is 469. The van der Waals surface area contributed by atoms with Gasteiger partial charge in [-0.3, -0.25) is 0 Å². The van der Waals surface area contributed by atoms with Crippen molar-refractivity contribution < 1.29 is 0 Å². The van der Waals surface area contributed by atoms with E-state index in [2.05, 4.69) is 13.8 Å². The topological polar surface area (TPSA) is 52.0 Å². The summed E-state index contributed by atoms with van der Waals surface area (Å²) in [5, 5.41) is 0. The second-order valence-corrected chi connectivity index (χ2v) is 4.20. The number of nitrogens with two attached hydrogens (primary N) is 2. The Kier molecular flexibility index (Phi) is 4.58. The summed E-state index contributed by atoms with van der Waals surface area (Å²) >= 11 is 0. The zero-order valence-electron chi connectivity index (χ0n) is 10.7. The van der Waals surface area contributed by atoms with Gasteiger partial charge in [0.2, 0.25) is 0 Å². The Morgan fingerprint density at radius 3 is 1.76 bits per heavy atom. The van der Waals surface area contributed by atoms with Crippen molar-refractivity contribution in [3.05, 3.63) is 59.2 Å². The highest BCUT2D eigenvalue weighted by atomic mass is 14.5. The van der Waals surface area contributed by atoms with E-state index >= 15 is 0 Å². The Labute approximate surface area is 103 Å². The highest BCUT2D eigenvalue weighted by Crippen LogP contribution is 2.10. The number of aryl methyl sites for hydroxylation is 3. The summed E-state index contributed by atoms with van der Waals surface area (Å²) in [6.45, 7) is 6.13. The zero-order chi connectivity index (χ0) is 12.8. The summed E-state index contributed by atoms with van der Waals surface area (Å²) in [4.78, 5) is 0. The van der Waals surface area contributed by atoms with Crippen molar-refractivity contribution in [3.8, 4) is 0 Å². The van der Waals surface area contributed by atoms with Crippen molar-refractivity contribution in [3.63, 3.8) is 0 Å². The van der Waals surface area contributed by atoms with Gasteiger partial charge in [-0.1, -0.05) is 24.3 Å². The predicted molar refractivity (Wildman–Crippen MR) is 75.9 cm³/mol. The number of rotatable bonds is 0. The van der Waals surface area contributed by atoms with Crippen molar-refractivity contribution in [2.24, 2.45) is 0 Å². The average molecular weight is 228 g/mol. The molecular formula is C15H20N2. The fourth-order valence-corrected chi connectivity index (χ4v) is 1.35. The van der Waals surface area contributed by atoms with Gasteiger partial charge in [-0.25, -0.2) is 0 Å². The van der Waals surface area contributed by atoms with Crippen molar-refractivity contribution in [1.29, 1.82) is 0 Å². The first-order valence-electron chi connectivity index (χ1n) is 5.64. The van der Waals surface area contributed by atoms with Crippen LogP contribution in [0, 0.1) is 20.8 Å². The van der Waals surface area contributed by atoms with Crippen LogP contribution in [0.5, 0.6) is 0 Å². The Morgan fingerprint density at radius 2 is 1.35 bits per heavy atom. The maximum Gasteiger partial charge on any atom is 0.0343 e. The maximum absolute atomic E-state index is 5.53. The smallest absolute Gasteiger partial charge is 0.0343 e. The van der Waals surface area contributed by atoms with Crippen LogP contribution in [0.1, 0.15) is 16.7 Å². The van der Waals surface area contributed by atoms with Crippen LogP contribution in [-0.2, 0) is 0 Å². The second-order valence-electron chi connectivity index (χ2n) is 4.20. The minimum Gasteiger partial charge on any atom is -0.399 e. The van der Waals surface area contributed by atoms with Gasteiger partial charge in [-0.15, -0.1) is 0 Å². The second kappa shape index (κ2) is 5.94. The quantitative estimate of drug-likeness (QED) is 0.678. The molecule has 0 radical (unpaired) electrons. The molecule has 0 heterocycles. The van der Waals surface area contributed by atoms with Crippen molar-refractivity contribution in [2.75, 3.05) is 11.5 Å². The number of nitrogen functional groups attached to an aromatic ring is 2. The highest BCUT2D eigenvalue weighted by molar-refractivity contribution is 5.45. The first kappa shape index (κ1) is 13.1. The molecule has 4 N–H and O–H groups in total. The lowest BCUT2D eigenvalue weighted by atomic mass is 10.1. The van der Waals surface area contributed by atoms with Crippen LogP contribution in [-0.4, -0.2) is 0 Å². The van der Waals surface area contributed by atoms with Gasteiger partial charge in [0.25, 0.3) is 0 Å². The molecular weight excluding hydrogens is 208 g/mol. The number of hydrogen-bond acceptors (Lipinski definition) is 2. The van der Waals surface area contributed by atoms with Crippen LogP contribution in [0.4, 0.5) is 11.4 Å². The van der Waals surface area contributed by atoms with Gasteiger partial charge in [0.05, 0.1) is 0 Å². The molecule has 0 aliphatic heterocycles. The van der Waals surface area contributed by atoms with Crippen LogP contribution >= 0.6 is 0 Å². The third kappa shape index (κ3) is 4.19. The average Bonchev–Trinajstić information content (AvgIpc) is 2.29. The minimum absolute atomic E-state index is 0.845. The van der Waals surface area contributed by atoms with Crippen LogP contribution in [0.2, 0.25) is 0 Å². The fourth-order valence-electron chi connectivity index (χ4n) is 1.35. The van der Waals surface area contributed by atoms with E-state index < -0.39 is 0 Å². The largest absolute Gasteiger partial charge is 0.399 e. The van der Waals surface area contributed by atoms with Gasteiger partial charge in [0.15, 0.2) is 0 Å². The van der Waals surface area contributed by atoms with E-state index in [1.54, 1.807) is 0 Å². The monoisotopic (exact) mass is 228 g/mol. The molecule has 0 unspecified atom stereocenters. The van der Waals surface area contributed by atoms with Gasteiger partial charge in [-0.05, 0) is 55.7 Å². The lowest BCUT2D eigenvalue weighted by Crippen LogP contribution is -1.86. The Hall–Kier alpha value is -1.96. The van der Waals surface area contributed by atoms with Crippen LogP contribution < -0.4 is 11.5 Å². The predicted octanol–water partition coefficient (Wildman–Crippen LogP) is 3.46. The molecule has 2 heteroatoms. The number of anilines is 2. The maximum atomic E-state index is 5.53. The third-order valence-electron chi connectivity index (χ3n) is 2.72. The van der Waals surface area contributed by atoms with Gasteiger partial charge < -0.3 is 11.5 Å². The molecule has 0 aliphatic carbocycles. The van der Waals surface area contributed by atoms with E-state index in [0.29, 0.717) is 0 Å². The molecule has 0 saturated heterocycles. The van der Waals surface area contributed by atoms with Gasteiger partial charge in [-0.2, -0.15) is 0 Å². The summed E-state index contributed by atoms with van der Waals surface area (Å²) in [6, 6.07) is 13.7. The number of para-hydroxylation sites is 1. The summed E-state index contributed by atoms with van der Waals surface area (Å²) < 4.78 is 0. The first-order chi connectivity index (χ1) is 8.00. The van der Waals surface area contributed by atoms with E-state index in [4.69, 9.17) is 11.5 Å². The lowest BCUT2D eigenvalue weighted by Gasteiger charge is -1.98. The van der Waals surface area contributed by atoms with Crippen molar-refractivity contribution in [2.45, 2.75) is 20.8 Å². The van der Waals surface area contributed by atoms with E-state index in [-0.39, 0.29) is 0 Å². The summed E-state index contributed by atoms with van der Waals surface area (Å²) in [5.74, 6) is 0. The van der Waals surface area contributed by atoms with Crippen molar-refractivity contribution in [1.82, 2.24) is 0 Å². The molecule has 2 aromatic rings. The van der Waals surface area contributed by atoms with Crippen molar-refractivity contribution >= 4 is 11.4 Å². The molecule has 0 fully saturated rings. The molecule has 2 aromatic carbocycles. The lowest BCUT2D eigenvalue weighted by molar-refractivity contribution is 1.34. The Morgan fingerprint density at radius 1 is 0.706 bits per heavy atom. The minimum atomic E-state index is 0.845. The van der Waals surface area contributed by atoms with Gasteiger partial charge in [0.1, 0.15) is 0 Å². The summed E-state index contributed by atoms with van der Waals surface area (Å²) in [7, 11) is 0. The van der Waals surface area contributed by atoms with E-state index in [1.807, 2.05) is 49.4 Å². The standard InChI is InChI=1S/C8H11N.C7H9N/c1-6-3-4-8(9)5-7(6)2;1-6-4-2-3-5-7(6)8/h3-5H,9H2,1-2H3;2-5H,8H2,1H3. The highest BCUT2D eigenvalue weighted by Gasteiger charge is 1.89. The molecule has 0 saturated carbocycles. The zero-order valence-corrected chi connectivity index (χ0v) is 10.7. The molecule has 0 atom stereocenters. The fraction of sp³-hybridized carbons (Fsp3) is 0.200. The molecule has 90 valence electrons. The van der Waals surface area contributed by atoms with Gasteiger partial charge in [0, 0.05) is 11.4 Å². The van der Waals surface area contributed by atoms with Crippen LogP contribution in [0.15, 0.2) is 42.5 Å². The Balaban J connectivity index is 0.000000171. The molecule has 0 spiro atoms. The molecule has 0 amide bonds. The SMILES string of the molecule is Cc1ccc(N)cc1C.Cc1ccccc1N. The molecule has 2 rings (SSSR count). The summed E-state index contributed by atoms with van der Waals surface area (Å²) in [5.41, 5.74) is 16.5. The van der Waals surface area contributed by atoms with E-state index in [1.165, 1.54) is 11.1 Å². The van der Waals surface area contributed by atoms with E-state index in [9.17, 15) is 0 Å². The number of hydrogen-bond donors (Lipinski definition) is 2. The first-order valence-corrected chi connectivity index (χ1v) is 5.64. The molecule has 17 heavy (non-hydrogen) atoms. The number of benzene rings is 2. The van der Waals surface area contributed by atoms with Crippen LogP contribution in [0.25, 0.3) is 0 Å². The third-order valence-corrected chi connectivity index (χ3v) is 2.72. The van der Waals surface area contributed by atoms with E-state index in [0.717, 1.165) is 16.9 Å². The summed E-state index contributed by atoms with van der Waals surface area (Å²) in [6.07, 6.45) is 0.